The molecular weight excluding hydrogens is 417 g/mol. The van der Waals surface area contributed by atoms with Crippen LogP contribution in [0, 0.1) is 5.82 Å². The maximum Gasteiger partial charge on any atom is 0.126 e. The monoisotopic (exact) mass is 447 g/mol. The van der Waals surface area contributed by atoms with Crippen LogP contribution < -0.4 is 9.47 Å². The van der Waals surface area contributed by atoms with E-state index in [0.29, 0.717) is 19.0 Å². The van der Waals surface area contributed by atoms with E-state index in [1.807, 2.05) is 30.3 Å². The molecule has 1 saturated heterocycles. The van der Waals surface area contributed by atoms with Gasteiger partial charge in [-0.2, -0.15) is 0 Å². The van der Waals surface area contributed by atoms with Gasteiger partial charge in [0, 0.05) is 30.0 Å². The fourth-order valence-electron chi connectivity index (χ4n) is 5.06. The predicted octanol–water partition coefficient (Wildman–Crippen LogP) is 5.70. The van der Waals surface area contributed by atoms with Crippen molar-refractivity contribution in [1.29, 1.82) is 0 Å². The van der Waals surface area contributed by atoms with Gasteiger partial charge in [0.2, 0.25) is 0 Å². The maximum atomic E-state index is 13.5. The second kappa shape index (κ2) is 9.84. The zero-order chi connectivity index (χ0) is 22.6. The van der Waals surface area contributed by atoms with Gasteiger partial charge >= 0.3 is 0 Å². The average molecular weight is 448 g/mol. The number of hydrogen-bond acceptors (Lipinski definition) is 4. The van der Waals surface area contributed by atoms with Crippen molar-refractivity contribution in [1.82, 2.24) is 4.90 Å². The number of fused-ring (bicyclic) bond motifs is 1. The molecule has 1 fully saturated rings. The van der Waals surface area contributed by atoms with Gasteiger partial charge in [0.25, 0.3) is 0 Å². The number of hydrogen-bond donors (Lipinski definition) is 1. The molecule has 33 heavy (non-hydrogen) atoms. The first kappa shape index (κ1) is 21.8. The summed E-state index contributed by atoms with van der Waals surface area (Å²) in [6, 6.07) is 20.2. The highest BCUT2D eigenvalue weighted by molar-refractivity contribution is 5.50. The van der Waals surface area contributed by atoms with E-state index in [4.69, 9.17) is 9.47 Å². The van der Waals surface area contributed by atoms with Crippen molar-refractivity contribution in [2.75, 3.05) is 32.8 Å². The molecule has 172 valence electrons. The molecule has 3 aromatic rings. The summed E-state index contributed by atoms with van der Waals surface area (Å²) in [5.74, 6) is 1.57. The van der Waals surface area contributed by atoms with Crippen LogP contribution in [-0.2, 0) is 0 Å². The van der Waals surface area contributed by atoms with E-state index in [9.17, 15) is 9.50 Å². The SMILES string of the molecule is Oc1ccc2c(c1)OCC(c1ccc(F)cc1)C2c1ccc(OCCCN2CCCC2)cc1. The van der Waals surface area contributed by atoms with Crippen molar-refractivity contribution in [3.8, 4) is 17.2 Å². The molecule has 0 bridgehead atoms. The molecule has 3 aromatic carbocycles. The lowest BCUT2D eigenvalue weighted by atomic mass is 9.76. The molecule has 2 atom stereocenters. The molecule has 0 aliphatic carbocycles. The standard InChI is InChI=1S/C28H30FNO3/c29-22-8-4-20(5-9-22)26-19-33-27-18-23(31)10-13-25(27)28(26)21-6-11-24(12-7-21)32-17-3-16-30-14-1-2-15-30/h4-13,18,26,28,31H,1-3,14-17,19H2. The highest BCUT2D eigenvalue weighted by Gasteiger charge is 2.33. The van der Waals surface area contributed by atoms with Crippen molar-refractivity contribution >= 4 is 0 Å². The Labute approximate surface area is 194 Å². The molecule has 5 rings (SSSR count). The summed E-state index contributed by atoms with van der Waals surface area (Å²) in [5.41, 5.74) is 3.19. The molecule has 2 heterocycles. The van der Waals surface area contributed by atoms with Crippen LogP contribution in [0.1, 0.15) is 47.8 Å². The number of phenols is 1. The summed E-state index contributed by atoms with van der Waals surface area (Å²) in [5, 5.41) is 9.93. The van der Waals surface area contributed by atoms with Crippen LogP contribution in [0.3, 0.4) is 0 Å². The van der Waals surface area contributed by atoms with Gasteiger partial charge in [0.05, 0.1) is 13.2 Å². The van der Waals surface area contributed by atoms with Gasteiger partial charge in [0.15, 0.2) is 0 Å². The van der Waals surface area contributed by atoms with E-state index in [2.05, 4.69) is 17.0 Å². The Bertz CT molecular complexity index is 1060. The lowest BCUT2D eigenvalue weighted by molar-refractivity contribution is 0.247. The van der Waals surface area contributed by atoms with Crippen LogP contribution in [0.2, 0.25) is 0 Å². The molecule has 0 saturated carbocycles. The number of rotatable bonds is 7. The fraction of sp³-hybridized carbons (Fsp3) is 0.357. The topological polar surface area (TPSA) is 41.9 Å². The first-order chi connectivity index (χ1) is 16.2. The zero-order valence-electron chi connectivity index (χ0n) is 18.8. The fourth-order valence-corrected chi connectivity index (χ4v) is 5.06. The molecule has 1 N–H and O–H groups in total. The van der Waals surface area contributed by atoms with Gasteiger partial charge in [-0.25, -0.2) is 4.39 Å². The van der Waals surface area contributed by atoms with Gasteiger partial charge in [-0.3, -0.25) is 0 Å². The van der Waals surface area contributed by atoms with Crippen LogP contribution in [-0.4, -0.2) is 42.9 Å². The van der Waals surface area contributed by atoms with E-state index in [1.54, 1.807) is 12.1 Å². The van der Waals surface area contributed by atoms with Crippen molar-refractivity contribution in [2.45, 2.75) is 31.1 Å². The summed E-state index contributed by atoms with van der Waals surface area (Å²) in [6.45, 7) is 4.71. The zero-order valence-corrected chi connectivity index (χ0v) is 18.8. The number of benzene rings is 3. The van der Waals surface area contributed by atoms with Gasteiger partial charge in [-0.1, -0.05) is 30.3 Å². The Morgan fingerprint density at radius 1 is 0.939 bits per heavy atom. The molecule has 0 radical (unpaired) electrons. The molecule has 0 spiro atoms. The number of nitrogens with zero attached hydrogens (tertiary/aromatic N) is 1. The third-order valence-corrected chi connectivity index (χ3v) is 6.78. The predicted molar refractivity (Wildman–Crippen MR) is 127 cm³/mol. The minimum atomic E-state index is -0.247. The molecule has 5 heteroatoms. The van der Waals surface area contributed by atoms with Gasteiger partial charge in [0.1, 0.15) is 23.1 Å². The Morgan fingerprint density at radius 3 is 2.42 bits per heavy atom. The smallest absolute Gasteiger partial charge is 0.126 e. The Balaban J connectivity index is 1.34. The van der Waals surface area contributed by atoms with Crippen molar-refractivity contribution in [3.63, 3.8) is 0 Å². The largest absolute Gasteiger partial charge is 0.508 e. The van der Waals surface area contributed by atoms with Crippen molar-refractivity contribution < 1.29 is 19.0 Å². The molecule has 0 aromatic heterocycles. The van der Waals surface area contributed by atoms with Crippen LogP contribution in [0.4, 0.5) is 4.39 Å². The molecule has 4 nitrogen and oxygen atoms in total. The lowest BCUT2D eigenvalue weighted by Crippen LogP contribution is -2.25. The second-order valence-electron chi connectivity index (χ2n) is 8.99. The number of aromatic hydroxyl groups is 1. The van der Waals surface area contributed by atoms with E-state index < -0.39 is 0 Å². The summed E-state index contributed by atoms with van der Waals surface area (Å²) >= 11 is 0. The van der Waals surface area contributed by atoms with E-state index >= 15 is 0 Å². The molecule has 2 aliphatic rings. The molecule has 2 aliphatic heterocycles. The Hall–Kier alpha value is -3.05. The summed E-state index contributed by atoms with van der Waals surface area (Å²) in [7, 11) is 0. The highest BCUT2D eigenvalue weighted by Crippen LogP contribution is 2.47. The van der Waals surface area contributed by atoms with Crippen LogP contribution >= 0.6 is 0 Å². The number of phenolic OH excluding ortho intramolecular Hbond substituents is 1. The van der Waals surface area contributed by atoms with Crippen molar-refractivity contribution in [3.05, 3.63) is 89.2 Å². The van der Waals surface area contributed by atoms with Crippen LogP contribution in [0.5, 0.6) is 17.2 Å². The maximum absolute atomic E-state index is 13.5. The number of halogens is 1. The van der Waals surface area contributed by atoms with E-state index in [-0.39, 0.29) is 23.4 Å². The summed E-state index contributed by atoms with van der Waals surface area (Å²) in [4.78, 5) is 2.50. The van der Waals surface area contributed by atoms with E-state index in [0.717, 1.165) is 35.4 Å². The first-order valence-electron chi connectivity index (χ1n) is 11.8. The minimum absolute atomic E-state index is 0.0315. The quantitative estimate of drug-likeness (QED) is 0.472. The summed E-state index contributed by atoms with van der Waals surface area (Å²) < 4.78 is 25.5. The van der Waals surface area contributed by atoms with Crippen LogP contribution in [0.15, 0.2) is 66.7 Å². The van der Waals surface area contributed by atoms with Gasteiger partial charge in [-0.15, -0.1) is 0 Å². The Kier molecular flexibility index (Phi) is 6.49. The summed E-state index contributed by atoms with van der Waals surface area (Å²) in [6.07, 6.45) is 3.66. The second-order valence-corrected chi connectivity index (χ2v) is 8.99. The third kappa shape index (κ3) is 4.98. The highest BCUT2D eigenvalue weighted by atomic mass is 19.1. The Morgan fingerprint density at radius 2 is 1.67 bits per heavy atom. The first-order valence-corrected chi connectivity index (χ1v) is 11.8. The number of likely N-dealkylation sites (tertiary alicyclic amines) is 1. The lowest BCUT2D eigenvalue weighted by Gasteiger charge is -2.34. The van der Waals surface area contributed by atoms with Gasteiger partial charge in [-0.05, 0) is 73.8 Å². The molecular formula is C28H30FNO3. The third-order valence-electron chi connectivity index (χ3n) is 6.78. The van der Waals surface area contributed by atoms with Crippen LogP contribution in [0.25, 0.3) is 0 Å². The van der Waals surface area contributed by atoms with Crippen molar-refractivity contribution in [2.24, 2.45) is 0 Å². The van der Waals surface area contributed by atoms with E-state index in [1.165, 1.54) is 38.1 Å². The molecule has 2 unspecified atom stereocenters. The normalized spacial score (nSPS) is 20.3. The molecule has 0 amide bonds. The number of ether oxygens (including phenoxy) is 2. The minimum Gasteiger partial charge on any atom is -0.508 e. The average Bonchev–Trinajstić information content (AvgIpc) is 3.36. The van der Waals surface area contributed by atoms with Gasteiger partial charge < -0.3 is 19.5 Å².